The Bertz CT molecular complexity index is 141. The monoisotopic (exact) mass is 171 g/mol. The van der Waals surface area contributed by atoms with Crippen molar-refractivity contribution in [1.82, 2.24) is 5.32 Å². The Kier molecular flexibility index (Phi) is 4.95. The molecule has 1 atom stereocenters. The first-order valence-corrected chi connectivity index (χ1v) is 4.72. The van der Waals surface area contributed by atoms with E-state index in [2.05, 4.69) is 26.1 Å². The van der Waals surface area contributed by atoms with Gasteiger partial charge in [0, 0.05) is 12.5 Å². The summed E-state index contributed by atoms with van der Waals surface area (Å²) in [7, 11) is 0. The molecule has 0 aliphatic rings. The first-order chi connectivity index (χ1) is 5.45. The van der Waals surface area contributed by atoms with Crippen LogP contribution >= 0.6 is 0 Å². The van der Waals surface area contributed by atoms with Crippen LogP contribution in [0.4, 0.5) is 0 Å². The van der Waals surface area contributed by atoms with Crippen LogP contribution in [0.5, 0.6) is 0 Å². The number of nitrogens with one attached hydrogen (secondary N) is 1. The second-order valence-corrected chi connectivity index (χ2v) is 4.12. The second-order valence-electron chi connectivity index (χ2n) is 4.12. The summed E-state index contributed by atoms with van der Waals surface area (Å²) in [6.07, 6.45) is 0. The van der Waals surface area contributed by atoms with Crippen molar-refractivity contribution in [1.29, 1.82) is 0 Å². The van der Waals surface area contributed by atoms with Gasteiger partial charge < -0.3 is 5.32 Å². The molecule has 1 N–H and O–H groups in total. The molecule has 12 heavy (non-hydrogen) atoms. The Morgan fingerprint density at radius 2 is 1.67 bits per heavy atom. The van der Waals surface area contributed by atoms with Crippen LogP contribution in [-0.4, -0.2) is 12.5 Å². The van der Waals surface area contributed by atoms with Crippen LogP contribution in [-0.2, 0) is 4.79 Å². The maximum absolute atomic E-state index is 11.2. The summed E-state index contributed by atoms with van der Waals surface area (Å²) in [5, 5.41) is 2.92. The molecule has 0 aliphatic heterocycles. The SMILES string of the molecule is CC(C)C(=O)NC[C@H](C)C(C)C. The molecule has 0 unspecified atom stereocenters. The molecule has 2 nitrogen and oxygen atoms in total. The topological polar surface area (TPSA) is 29.1 Å². The molecule has 1 amide bonds. The van der Waals surface area contributed by atoms with E-state index in [1.165, 1.54) is 0 Å². The maximum atomic E-state index is 11.2. The standard InChI is InChI=1S/C10H21NO/c1-7(2)9(5)6-11-10(12)8(3)4/h7-9H,6H2,1-5H3,(H,11,12)/t9-/m0/s1. The van der Waals surface area contributed by atoms with Gasteiger partial charge in [-0.05, 0) is 11.8 Å². The highest BCUT2D eigenvalue weighted by Gasteiger charge is 2.10. The van der Waals surface area contributed by atoms with Crippen molar-refractivity contribution in [2.24, 2.45) is 17.8 Å². The van der Waals surface area contributed by atoms with Gasteiger partial charge in [0.2, 0.25) is 5.91 Å². The third-order valence-electron chi connectivity index (χ3n) is 2.26. The number of carbonyl (C=O) groups excluding carboxylic acids is 1. The Balaban J connectivity index is 3.61. The van der Waals surface area contributed by atoms with Crippen LogP contribution < -0.4 is 5.32 Å². The molecule has 0 radical (unpaired) electrons. The summed E-state index contributed by atoms with van der Waals surface area (Å²) >= 11 is 0. The van der Waals surface area contributed by atoms with E-state index < -0.39 is 0 Å². The molecule has 0 saturated heterocycles. The van der Waals surface area contributed by atoms with Gasteiger partial charge in [-0.15, -0.1) is 0 Å². The largest absolute Gasteiger partial charge is 0.356 e. The summed E-state index contributed by atoms with van der Waals surface area (Å²) in [6, 6.07) is 0. The van der Waals surface area contributed by atoms with Crippen LogP contribution in [0, 0.1) is 17.8 Å². The first-order valence-electron chi connectivity index (χ1n) is 4.72. The van der Waals surface area contributed by atoms with Crippen molar-refractivity contribution in [3.63, 3.8) is 0 Å². The van der Waals surface area contributed by atoms with E-state index in [9.17, 15) is 4.79 Å². The molecule has 0 fully saturated rings. The molecular formula is C10H21NO. The Labute approximate surface area is 75.7 Å². The summed E-state index contributed by atoms with van der Waals surface area (Å²) in [4.78, 5) is 11.2. The summed E-state index contributed by atoms with van der Waals surface area (Å²) in [5.41, 5.74) is 0. The van der Waals surface area contributed by atoms with Gasteiger partial charge in [-0.25, -0.2) is 0 Å². The Morgan fingerprint density at radius 3 is 2.00 bits per heavy atom. The zero-order valence-electron chi connectivity index (χ0n) is 8.85. The fourth-order valence-electron chi connectivity index (χ4n) is 0.701. The highest BCUT2D eigenvalue weighted by atomic mass is 16.1. The van der Waals surface area contributed by atoms with Gasteiger partial charge in [-0.3, -0.25) is 4.79 Å². The highest BCUT2D eigenvalue weighted by Crippen LogP contribution is 2.07. The Morgan fingerprint density at radius 1 is 1.17 bits per heavy atom. The lowest BCUT2D eigenvalue weighted by atomic mass is 9.98. The van der Waals surface area contributed by atoms with E-state index in [-0.39, 0.29) is 11.8 Å². The molecule has 0 aliphatic carbocycles. The molecule has 2 heteroatoms. The lowest BCUT2D eigenvalue weighted by molar-refractivity contribution is -0.124. The van der Waals surface area contributed by atoms with Gasteiger partial charge >= 0.3 is 0 Å². The van der Waals surface area contributed by atoms with Gasteiger partial charge in [0.15, 0.2) is 0 Å². The molecule has 0 heterocycles. The molecule has 0 aromatic carbocycles. The van der Waals surface area contributed by atoms with E-state index in [0.29, 0.717) is 11.8 Å². The summed E-state index contributed by atoms with van der Waals surface area (Å²) < 4.78 is 0. The zero-order valence-corrected chi connectivity index (χ0v) is 8.85. The van der Waals surface area contributed by atoms with Gasteiger partial charge in [0.1, 0.15) is 0 Å². The summed E-state index contributed by atoms with van der Waals surface area (Å²) in [6.45, 7) is 11.1. The van der Waals surface area contributed by atoms with E-state index >= 15 is 0 Å². The predicted octanol–water partition coefficient (Wildman–Crippen LogP) is 2.05. The molecule has 0 aromatic rings. The fraction of sp³-hybridized carbons (Fsp3) is 0.900. The van der Waals surface area contributed by atoms with Gasteiger partial charge in [0.25, 0.3) is 0 Å². The number of hydrogen-bond donors (Lipinski definition) is 1. The van der Waals surface area contributed by atoms with E-state index in [0.717, 1.165) is 6.54 Å². The Hall–Kier alpha value is -0.530. The third-order valence-corrected chi connectivity index (χ3v) is 2.26. The van der Waals surface area contributed by atoms with E-state index in [1.807, 2.05) is 13.8 Å². The fourth-order valence-corrected chi connectivity index (χ4v) is 0.701. The quantitative estimate of drug-likeness (QED) is 0.689. The molecule has 0 rings (SSSR count). The van der Waals surface area contributed by atoms with Crippen molar-refractivity contribution < 1.29 is 4.79 Å². The van der Waals surface area contributed by atoms with Crippen LogP contribution in [0.1, 0.15) is 34.6 Å². The smallest absolute Gasteiger partial charge is 0.222 e. The average Bonchev–Trinajstić information content (AvgIpc) is 1.98. The minimum absolute atomic E-state index is 0.101. The molecule has 0 bridgehead atoms. The lowest BCUT2D eigenvalue weighted by Gasteiger charge is -2.16. The van der Waals surface area contributed by atoms with Gasteiger partial charge in [-0.2, -0.15) is 0 Å². The lowest BCUT2D eigenvalue weighted by Crippen LogP contribution is -2.32. The van der Waals surface area contributed by atoms with Crippen LogP contribution in [0.3, 0.4) is 0 Å². The average molecular weight is 171 g/mol. The van der Waals surface area contributed by atoms with Gasteiger partial charge in [-0.1, -0.05) is 34.6 Å². The zero-order chi connectivity index (χ0) is 9.72. The molecule has 72 valence electrons. The molecule has 0 saturated carbocycles. The minimum Gasteiger partial charge on any atom is -0.356 e. The van der Waals surface area contributed by atoms with Crippen LogP contribution in [0.2, 0.25) is 0 Å². The van der Waals surface area contributed by atoms with Crippen LogP contribution in [0.15, 0.2) is 0 Å². The number of hydrogen-bond acceptors (Lipinski definition) is 1. The van der Waals surface area contributed by atoms with Crippen molar-refractivity contribution in [2.45, 2.75) is 34.6 Å². The van der Waals surface area contributed by atoms with E-state index in [1.54, 1.807) is 0 Å². The normalized spacial score (nSPS) is 13.6. The van der Waals surface area contributed by atoms with Crippen molar-refractivity contribution >= 4 is 5.91 Å². The molecule has 0 spiro atoms. The van der Waals surface area contributed by atoms with Crippen molar-refractivity contribution in [2.75, 3.05) is 6.54 Å². The summed E-state index contributed by atoms with van der Waals surface area (Å²) in [5.74, 6) is 1.46. The van der Waals surface area contributed by atoms with Gasteiger partial charge in [0.05, 0.1) is 0 Å². The number of amides is 1. The number of carbonyl (C=O) groups is 1. The van der Waals surface area contributed by atoms with Crippen molar-refractivity contribution in [3.05, 3.63) is 0 Å². The predicted molar refractivity (Wildman–Crippen MR) is 51.8 cm³/mol. The molecule has 0 aromatic heterocycles. The number of rotatable bonds is 4. The van der Waals surface area contributed by atoms with E-state index in [4.69, 9.17) is 0 Å². The molecular weight excluding hydrogens is 150 g/mol. The van der Waals surface area contributed by atoms with Crippen LogP contribution in [0.25, 0.3) is 0 Å². The second kappa shape index (κ2) is 5.18. The highest BCUT2D eigenvalue weighted by molar-refractivity contribution is 5.77. The van der Waals surface area contributed by atoms with Crippen molar-refractivity contribution in [3.8, 4) is 0 Å². The third kappa shape index (κ3) is 4.37. The maximum Gasteiger partial charge on any atom is 0.222 e. The first kappa shape index (κ1) is 11.5. The minimum atomic E-state index is 0.101.